The van der Waals surface area contributed by atoms with Crippen LogP contribution in [0.15, 0.2) is 35.2 Å². The fourth-order valence-electron chi connectivity index (χ4n) is 3.09. The number of ether oxygens (including phenoxy) is 4. The number of aliphatic hydroxyl groups is 1. The minimum Gasteiger partial charge on any atom is -0.463 e. The topological polar surface area (TPSA) is 120 Å². The Hall–Kier alpha value is -1.27. The fourth-order valence-corrected chi connectivity index (χ4v) is 4.44. The predicted octanol–water partition coefficient (Wildman–Crippen LogP) is 2.58. The second kappa shape index (κ2) is 12.4. The smallest absolute Gasteiger partial charge is 0.303 e. The molecule has 0 radical (unpaired) electrons. The molecule has 9 nitrogen and oxygen atoms in total. The second-order valence-electron chi connectivity index (χ2n) is 7.06. The number of rotatable bonds is 8. The van der Waals surface area contributed by atoms with Crippen LogP contribution < -0.4 is 5.32 Å². The lowest BCUT2D eigenvalue weighted by atomic mass is 9.97. The average Bonchev–Trinajstić information content (AvgIpc) is 2.70. The highest BCUT2D eigenvalue weighted by Crippen LogP contribution is 2.37. The van der Waals surface area contributed by atoms with Crippen molar-refractivity contribution in [1.29, 1.82) is 0 Å². The summed E-state index contributed by atoms with van der Waals surface area (Å²) < 4.78 is 19.9. The summed E-state index contributed by atoms with van der Waals surface area (Å²) in [5.74, 6) is -1.96. The molecule has 1 aliphatic heterocycles. The molecule has 1 aliphatic rings. The van der Waals surface area contributed by atoms with Crippen molar-refractivity contribution in [3.8, 4) is 0 Å². The van der Waals surface area contributed by atoms with Gasteiger partial charge in [-0.1, -0.05) is 64.8 Å². The first-order chi connectivity index (χ1) is 15.4. The zero-order valence-electron chi connectivity index (χ0n) is 17.9. The number of nitrogens with one attached hydrogen (secondary N) is 1. The highest BCUT2D eigenvalue weighted by atomic mass is 35.6. The van der Waals surface area contributed by atoms with Crippen molar-refractivity contribution >= 4 is 64.5 Å². The third-order valence-electron chi connectivity index (χ3n) is 4.36. The third kappa shape index (κ3) is 8.79. The molecule has 6 atom stereocenters. The van der Waals surface area contributed by atoms with E-state index in [1.54, 1.807) is 0 Å². The Balaban J connectivity index is 2.48. The van der Waals surface area contributed by atoms with E-state index in [4.69, 9.17) is 53.8 Å². The quantitative estimate of drug-likeness (QED) is 0.219. The number of carbonyl (C=O) groups is 3. The number of aliphatic hydroxyl groups excluding tert-OH is 1. The third-order valence-corrected chi connectivity index (χ3v) is 6.16. The van der Waals surface area contributed by atoms with Crippen molar-refractivity contribution in [2.45, 2.75) is 65.5 Å². The molecule has 0 amide bonds. The normalized spacial score (nSPS) is 26.2. The number of alkyl halides is 3. The van der Waals surface area contributed by atoms with Gasteiger partial charge in [0.15, 0.2) is 18.4 Å². The van der Waals surface area contributed by atoms with E-state index in [-0.39, 0.29) is 6.61 Å². The SMILES string of the molecule is CC(=O)OC[C@H]1O[C@@H](Sc2ccccc2)[C@H](N[C@@H](O)C(Cl)(Cl)Cl)[C@@H](OC(C)=O)[C@@H]1OC(C)=O. The lowest BCUT2D eigenvalue weighted by molar-refractivity contribution is -0.214. The maximum absolute atomic E-state index is 11.9. The monoisotopic (exact) mass is 543 g/mol. The van der Waals surface area contributed by atoms with Gasteiger partial charge in [-0.3, -0.25) is 19.7 Å². The van der Waals surface area contributed by atoms with E-state index in [0.717, 1.165) is 11.8 Å². The van der Waals surface area contributed by atoms with Gasteiger partial charge in [0.05, 0.1) is 6.04 Å². The van der Waals surface area contributed by atoms with Gasteiger partial charge in [-0.2, -0.15) is 0 Å². The summed E-state index contributed by atoms with van der Waals surface area (Å²) in [4.78, 5) is 35.9. The Morgan fingerprint density at radius 2 is 1.64 bits per heavy atom. The highest BCUT2D eigenvalue weighted by molar-refractivity contribution is 7.99. The van der Waals surface area contributed by atoms with Gasteiger partial charge in [0.1, 0.15) is 18.1 Å². The molecule has 13 heteroatoms. The summed E-state index contributed by atoms with van der Waals surface area (Å²) in [7, 11) is 0. The number of thioether (sulfide) groups is 1. The molecule has 1 saturated heterocycles. The van der Waals surface area contributed by atoms with Crippen LogP contribution in [0.3, 0.4) is 0 Å². The van der Waals surface area contributed by atoms with E-state index in [1.165, 1.54) is 25.6 Å². The Bertz CT molecular complexity index is 825. The zero-order valence-corrected chi connectivity index (χ0v) is 21.0. The fraction of sp³-hybridized carbons (Fsp3) is 0.550. The first-order valence-electron chi connectivity index (χ1n) is 9.74. The van der Waals surface area contributed by atoms with Crippen molar-refractivity contribution < 1.29 is 38.4 Å². The van der Waals surface area contributed by atoms with E-state index < -0.39 is 57.7 Å². The number of halogens is 3. The molecule has 2 N–H and O–H groups in total. The summed E-state index contributed by atoms with van der Waals surface area (Å²) in [5.41, 5.74) is -0.855. The summed E-state index contributed by atoms with van der Waals surface area (Å²) >= 11 is 18.7. The molecule has 0 bridgehead atoms. The Morgan fingerprint density at radius 1 is 1.06 bits per heavy atom. The molecule has 184 valence electrons. The van der Waals surface area contributed by atoms with Crippen LogP contribution in [0.4, 0.5) is 0 Å². The molecule has 0 aromatic heterocycles. The van der Waals surface area contributed by atoms with Gasteiger partial charge in [-0.15, -0.1) is 0 Å². The number of esters is 3. The predicted molar refractivity (Wildman–Crippen MR) is 122 cm³/mol. The summed E-state index contributed by atoms with van der Waals surface area (Å²) in [6, 6.07) is 8.07. The second-order valence-corrected chi connectivity index (χ2v) is 10.6. The summed E-state index contributed by atoms with van der Waals surface area (Å²) in [6.45, 7) is 3.27. The Morgan fingerprint density at radius 3 is 2.15 bits per heavy atom. The van der Waals surface area contributed by atoms with E-state index in [9.17, 15) is 19.5 Å². The van der Waals surface area contributed by atoms with E-state index in [1.807, 2.05) is 30.3 Å². The number of benzene rings is 1. The standard InChI is InChI=1S/C20H24Cl3NO8S/c1-10(25)29-9-14-16(30-11(2)26)17(31-12(3)27)15(24-19(28)20(21,22)23)18(32-14)33-13-7-5-4-6-8-13/h4-8,14-19,24,28H,9H2,1-3H3/t14-,15-,16-,17-,18+,19+/m1/s1. The van der Waals surface area contributed by atoms with E-state index in [0.29, 0.717) is 0 Å². The van der Waals surface area contributed by atoms with Crippen LogP contribution in [-0.4, -0.2) is 69.4 Å². The molecule has 0 aliphatic carbocycles. The van der Waals surface area contributed by atoms with Gasteiger partial charge in [-0.25, -0.2) is 0 Å². The van der Waals surface area contributed by atoms with E-state index >= 15 is 0 Å². The molecular formula is C20H24Cl3NO8S. The van der Waals surface area contributed by atoms with Crippen LogP contribution >= 0.6 is 46.6 Å². The van der Waals surface area contributed by atoms with Gasteiger partial charge < -0.3 is 24.1 Å². The summed E-state index contributed by atoms with van der Waals surface area (Å²) in [5, 5.41) is 13.1. The van der Waals surface area contributed by atoms with Crippen LogP contribution in [0.1, 0.15) is 20.8 Å². The molecule has 1 fully saturated rings. The lowest BCUT2D eigenvalue weighted by Gasteiger charge is -2.46. The molecule has 1 aromatic rings. The zero-order chi connectivity index (χ0) is 24.8. The maximum atomic E-state index is 11.9. The number of hydrogen-bond donors (Lipinski definition) is 2. The van der Waals surface area contributed by atoms with Gasteiger partial charge in [0.2, 0.25) is 3.79 Å². The molecule has 0 saturated carbocycles. The van der Waals surface area contributed by atoms with Crippen molar-refractivity contribution in [3.63, 3.8) is 0 Å². The first-order valence-corrected chi connectivity index (χ1v) is 11.8. The largest absolute Gasteiger partial charge is 0.463 e. The molecule has 1 aromatic carbocycles. The average molecular weight is 545 g/mol. The molecule has 1 heterocycles. The van der Waals surface area contributed by atoms with Crippen LogP contribution in [0.5, 0.6) is 0 Å². The van der Waals surface area contributed by atoms with Crippen LogP contribution in [-0.2, 0) is 33.3 Å². The molecule has 0 spiro atoms. The van der Waals surface area contributed by atoms with Gasteiger partial charge in [0.25, 0.3) is 0 Å². The lowest BCUT2D eigenvalue weighted by Crippen LogP contribution is -2.67. The van der Waals surface area contributed by atoms with Crippen LogP contribution in [0.25, 0.3) is 0 Å². The molecular weight excluding hydrogens is 521 g/mol. The van der Waals surface area contributed by atoms with Crippen molar-refractivity contribution in [2.75, 3.05) is 6.61 Å². The minimum absolute atomic E-state index is 0.281. The van der Waals surface area contributed by atoms with Crippen LogP contribution in [0, 0.1) is 0 Å². The van der Waals surface area contributed by atoms with Crippen LogP contribution in [0.2, 0.25) is 0 Å². The summed E-state index contributed by atoms with van der Waals surface area (Å²) in [6.07, 6.45) is -5.08. The maximum Gasteiger partial charge on any atom is 0.303 e. The van der Waals surface area contributed by atoms with Crippen molar-refractivity contribution in [2.24, 2.45) is 0 Å². The molecule has 33 heavy (non-hydrogen) atoms. The molecule has 0 unspecified atom stereocenters. The van der Waals surface area contributed by atoms with Gasteiger partial charge in [-0.05, 0) is 12.1 Å². The van der Waals surface area contributed by atoms with Crippen molar-refractivity contribution in [3.05, 3.63) is 30.3 Å². The van der Waals surface area contributed by atoms with E-state index in [2.05, 4.69) is 5.32 Å². The van der Waals surface area contributed by atoms with Crippen molar-refractivity contribution in [1.82, 2.24) is 5.32 Å². The first kappa shape index (κ1) is 28.0. The highest BCUT2D eigenvalue weighted by Gasteiger charge is 2.52. The molecule has 2 rings (SSSR count). The Kier molecular flexibility index (Phi) is 10.5. The van der Waals surface area contributed by atoms with Gasteiger partial charge >= 0.3 is 17.9 Å². The number of hydrogen-bond acceptors (Lipinski definition) is 10. The number of carbonyl (C=O) groups excluding carboxylic acids is 3. The van der Waals surface area contributed by atoms with Gasteiger partial charge in [0, 0.05) is 25.7 Å². The minimum atomic E-state index is -2.13. The Labute approximate surface area is 210 Å².